The number of hydrogen-bond acceptors (Lipinski definition) is 4. The number of aromatic amines is 1. The average Bonchev–Trinajstić information content (AvgIpc) is 2.77. The lowest BCUT2D eigenvalue weighted by molar-refractivity contribution is 0.596. The molecule has 3 N–H and O–H groups in total. The molecule has 8 heteroatoms. The summed E-state index contributed by atoms with van der Waals surface area (Å²) >= 11 is 0. The van der Waals surface area contributed by atoms with Gasteiger partial charge in [-0.2, -0.15) is 5.10 Å². The smallest absolute Gasteiger partial charge is 0.265 e. The number of aromatic nitrogens is 2. The zero-order valence-electron chi connectivity index (χ0n) is 12.0. The van der Waals surface area contributed by atoms with E-state index in [1.807, 2.05) is 0 Å². The van der Waals surface area contributed by atoms with E-state index in [0.29, 0.717) is 17.0 Å². The van der Waals surface area contributed by atoms with Gasteiger partial charge in [-0.3, -0.25) is 9.82 Å². The molecule has 0 spiro atoms. The van der Waals surface area contributed by atoms with Crippen LogP contribution in [0.25, 0.3) is 0 Å². The second kappa shape index (κ2) is 5.82. The Bertz CT molecular complexity index is 735. The highest BCUT2D eigenvalue weighted by Gasteiger charge is 2.25. The highest BCUT2D eigenvalue weighted by atomic mass is 32.2. The Kier molecular flexibility index (Phi) is 4.29. The summed E-state index contributed by atoms with van der Waals surface area (Å²) in [5.74, 6) is -0.616. The van der Waals surface area contributed by atoms with Crippen molar-refractivity contribution in [3.63, 3.8) is 0 Å². The minimum absolute atomic E-state index is 0.0412. The topological polar surface area (TPSA) is 86.9 Å². The Morgan fingerprint density at radius 1 is 1.33 bits per heavy atom. The molecular weight excluding hydrogens is 295 g/mol. The number of nitrogens with one attached hydrogen (secondary N) is 3. The lowest BCUT2D eigenvalue weighted by atomic mass is 10.2. The number of benzene rings is 1. The first-order chi connectivity index (χ1) is 9.86. The molecular formula is C13H17FN4O2S. The van der Waals surface area contributed by atoms with Gasteiger partial charge in [-0.1, -0.05) is 12.1 Å². The van der Waals surface area contributed by atoms with Crippen molar-refractivity contribution in [2.45, 2.75) is 25.3 Å². The van der Waals surface area contributed by atoms with E-state index in [4.69, 9.17) is 0 Å². The van der Waals surface area contributed by atoms with Crippen molar-refractivity contribution in [2.24, 2.45) is 0 Å². The number of hydrogen-bond donors (Lipinski definition) is 3. The van der Waals surface area contributed by atoms with Crippen molar-refractivity contribution in [3.8, 4) is 0 Å². The zero-order valence-corrected chi connectivity index (χ0v) is 12.8. The highest BCUT2D eigenvalue weighted by molar-refractivity contribution is 7.92. The number of sulfonamides is 1. The lowest BCUT2D eigenvalue weighted by Gasteiger charge is -2.12. The molecule has 114 valence electrons. The Morgan fingerprint density at radius 2 is 2.05 bits per heavy atom. The molecule has 21 heavy (non-hydrogen) atoms. The first-order valence-electron chi connectivity index (χ1n) is 6.33. The van der Waals surface area contributed by atoms with Crippen LogP contribution in [0.5, 0.6) is 0 Å². The Balaban J connectivity index is 2.46. The lowest BCUT2D eigenvalue weighted by Crippen LogP contribution is -2.18. The van der Waals surface area contributed by atoms with E-state index >= 15 is 0 Å². The van der Waals surface area contributed by atoms with Gasteiger partial charge < -0.3 is 5.32 Å². The zero-order chi connectivity index (χ0) is 15.6. The Labute approximate surface area is 122 Å². The molecule has 0 bridgehead atoms. The second-order valence-electron chi connectivity index (χ2n) is 4.69. The second-order valence-corrected chi connectivity index (χ2v) is 6.31. The molecule has 0 aliphatic heterocycles. The number of aryl methyl sites for hydroxylation is 2. The van der Waals surface area contributed by atoms with Gasteiger partial charge in [-0.05, 0) is 32.5 Å². The van der Waals surface area contributed by atoms with Crippen LogP contribution in [0.3, 0.4) is 0 Å². The number of H-pyrrole nitrogens is 1. The van der Waals surface area contributed by atoms with Crippen LogP contribution in [-0.4, -0.2) is 25.7 Å². The molecule has 0 amide bonds. The van der Waals surface area contributed by atoms with Crippen molar-refractivity contribution in [1.82, 2.24) is 15.5 Å². The molecule has 1 aromatic carbocycles. The number of rotatable bonds is 5. The third-order valence-electron chi connectivity index (χ3n) is 3.03. The Morgan fingerprint density at radius 3 is 2.67 bits per heavy atom. The maximum atomic E-state index is 13.8. The summed E-state index contributed by atoms with van der Waals surface area (Å²) in [5.41, 5.74) is 1.22. The fraction of sp³-hybridized carbons (Fsp3) is 0.308. The molecule has 1 aromatic heterocycles. The van der Waals surface area contributed by atoms with Crippen LogP contribution in [-0.2, 0) is 16.6 Å². The number of para-hydroxylation sites is 1. The summed E-state index contributed by atoms with van der Waals surface area (Å²) in [5, 5.41) is 9.45. The van der Waals surface area contributed by atoms with Crippen molar-refractivity contribution in [2.75, 3.05) is 11.8 Å². The third kappa shape index (κ3) is 3.06. The number of nitrogens with zero attached hydrogens (tertiary/aromatic N) is 1. The molecule has 1 heterocycles. The maximum absolute atomic E-state index is 13.8. The van der Waals surface area contributed by atoms with Gasteiger partial charge in [0.15, 0.2) is 0 Å². The monoisotopic (exact) mass is 312 g/mol. The predicted octanol–water partition coefficient (Wildman–Crippen LogP) is 1.69. The highest BCUT2D eigenvalue weighted by Crippen LogP contribution is 2.25. The van der Waals surface area contributed by atoms with Gasteiger partial charge in [0.25, 0.3) is 10.0 Å². The van der Waals surface area contributed by atoms with Gasteiger partial charge in [0.1, 0.15) is 10.7 Å². The van der Waals surface area contributed by atoms with Gasteiger partial charge in [-0.15, -0.1) is 0 Å². The summed E-state index contributed by atoms with van der Waals surface area (Å²) in [4.78, 5) is 0.0412. The van der Waals surface area contributed by atoms with Gasteiger partial charge in [0.2, 0.25) is 0 Å². The van der Waals surface area contributed by atoms with E-state index in [0.717, 1.165) is 0 Å². The molecule has 0 saturated carbocycles. The summed E-state index contributed by atoms with van der Waals surface area (Å²) in [7, 11) is -2.23. The maximum Gasteiger partial charge on any atom is 0.265 e. The van der Waals surface area contributed by atoms with Crippen molar-refractivity contribution >= 4 is 15.7 Å². The molecule has 0 fully saturated rings. The van der Waals surface area contributed by atoms with Crippen molar-refractivity contribution < 1.29 is 12.8 Å². The van der Waals surface area contributed by atoms with E-state index in [1.165, 1.54) is 12.1 Å². The SMILES string of the molecule is CNCc1n[nH]c(C)c1S(=O)(=O)Nc1c(C)cccc1F. The standard InChI is InChI=1S/C13H17FN4O2S/c1-8-5-4-6-10(14)12(8)18-21(19,20)13-9(2)16-17-11(13)7-15-3/h4-6,15,18H,7H2,1-3H3,(H,16,17). The fourth-order valence-corrected chi connectivity index (χ4v) is 3.57. The summed E-state index contributed by atoms with van der Waals surface area (Å²) < 4.78 is 41.2. The van der Waals surface area contributed by atoms with E-state index in [9.17, 15) is 12.8 Å². The summed E-state index contributed by atoms with van der Waals surface area (Å²) in [6.07, 6.45) is 0. The summed E-state index contributed by atoms with van der Waals surface area (Å²) in [6, 6.07) is 4.37. The molecule has 0 unspecified atom stereocenters. The number of halogens is 1. The first-order valence-corrected chi connectivity index (χ1v) is 7.81. The van der Waals surface area contributed by atoms with Crippen molar-refractivity contribution in [3.05, 3.63) is 41.0 Å². The normalized spacial score (nSPS) is 11.6. The molecule has 2 aromatic rings. The average molecular weight is 312 g/mol. The van der Waals surface area contributed by atoms with E-state index in [2.05, 4.69) is 20.2 Å². The molecule has 0 aliphatic rings. The van der Waals surface area contributed by atoms with Crippen LogP contribution in [0.1, 0.15) is 17.0 Å². The quantitative estimate of drug-likeness (QED) is 0.784. The third-order valence-corrected chi connectivity index (χ3v) is 4.58. The van der Waals surface area contributed by atoms with Crippen LogP contribution in [0, 0.1) is 19.7 Å². The molecule has 0 atom stereocenters. The van der Waals surface area contributed by atoms with Crippen LogP contribution in [0.2, 0.25) is 0 Å². The molecule has 0 saturated heterocycles. The van der Waals surface area contributed by atoms with Gasteiger partial charge >= 0.3 is 0 Å². The molecule has 6 nitrogen and oxygen atoms in total. The molecule has 2 rings (SSSR count). The van der Waals surface area contributed by atoms with Crippen LogP contribution in [0.4, 0.5) is 10.1 Å². The molecule has 0 radical (unpaired) electrons. The van der Waals surface area contributed by atoms with Gasteiger partial charge in [0.05, 0.1) is 17.1 Å². The van der Waals surface area contributed by atoms with Crippen LogP contribution < -0.4 is 10.0 Å². The van der Waals surface area contributed by atoms with E-state index < -0.39 is 15.8 Å². The predicted molar refractivity (Wildman–Crippen MR) is 78.0 cm³/mol. The van der Waals surface area contributed by atoms with Crippen LogP contribution in [0.15, 0.2) is 23.1 Å². The van der Waals surface area contributed by atoms with Crippen molar-refractivity contribution in [1.29, 1.82) is 0 Å². The largest absolute Gasteiger partial charge is 0.314 e. The Hall–Kier alpha value is -1.93. The molecule has 0 aliphatic carbocycles. The fourth-order valence-electron chi connectivity index (χ4n) is 2.06. The van der Waals surface area contributed by atoms with Crippen LogP contribution >= 0.6 is 0 Å². The van der Waals surface area contributed by atoms with Gasteiger partial charge in [-0.25, -0.2) is 12.8 Å². The summed E-state index contributed by atoms with van der Waals surface area (Å²) in [6.45, 7) is 3.53. The van der Waals surface area contributed by atoms with Gasteiger partial charge in [0, 0.05) is 6.54 Å². The first kappa shape index (κ1) is 15.5. The van der Waals surface area contributed by atoms with E-state index in [-0.39, 0.29) is 17.1 Å². The minimum Gasteiger partial charge on any atom is -0.314 e. The minimum atomic E-state index is -3.92. The van der Waals surface area contributed by atoms with E-state index in [1.54, 1.807) is 27.0 Å². The number of anilines is 1.